The molecule has 34 heavy (non-hydrogen) atoms. The van der Waals surface area contributed by atoms with Gasteiger partial charge in [-0.15, -0.1) is 0 Å². The summed E-state index contributed by atoms with van der Waals surface area (Å²) in [6.45, 7) is 0. The summed E-state index contributed by atoms with van der Waals surface area (Å²) in [6, 6.07) is 27.5. The van der Waals surface area contributed by atoms with E-state index in [0.29, 0.717) is 0 Å². The van der Waals surface area contributed by atoms with Gasteiger partial charge in [0.05, 0.1) is 11.9 Å². The first-order valence-corrected chi connectivity index (χ1v) is 11.4. The van der Waals surface area contributed by atoms with Gasteiger partial charge in [0.25, 0.3) is 0 Å². The van der Waals surface area contributed by atoms with Crippen molar-refractivity contribution in [1.82, 2.24) is 0 Å². The van der Waals surface area contributed by atoms with E-state index >= 15 is 0 Å². The normalized spacial score (nSPS) is 22.6. The molecule has 4 atom stereocenters. The fourth-order valence-electron chi connectivity index (χ4n) is 6.77. The molecule has 6 aliphatic carbocycles. The van der Waals surface area contributed by atoms with E-state index in [9.17, 15) is 19.8 Å². The SMILES string of the molecule is O=C([O-])c1ccc2c(c1)[C@H]1c3ccccc3[C@@H]2[C@H]2c3ccccc3[C@@H]1c1ccc(C(=O)[O-])cc12. The highest BCUT2D eigenvalue weighted by molar-refractivity contribution is 5.88. The average molecular weight is 442 g/mol. The third-order valence-corrected chi connectivity index (χ3v) is 7.98. The molecule has 0 amide bonds. The molecular weight excluding hydrogens is 424 g/mol. The number of hydrogen-bond acceptors (Lipinski definition) is 4. The van der Waals surface area contributed by atoms with Crippen LogP contribution in [0, 0.1) is 0 Å². The van der Waals surface area contributed by atoms with Crippen LogP contribution in [-0.2, 0) is 0 Å². The van der Waals surface area contributed by atoms with Gasteiger partial charge in [-0.2, -0.15) is 0 Å². The summed E-state index contributed by atoms with van der Waals surface area (Å²) in [6.07, 6.45) is 0. The van der Waals surface area contributed by atoms with Gasteiger partial charge in [0.15, 0.2) is 0 Å². The number of carbonyl (C=O) groups excluding carboxylic acids is 2. The molecule has 6 aliphatic rings. The van der Waals surface area contributed by atoms with E-state index in [4.69, 9.17) is 0 Å². The highest BCUT2D eigenvalue weighted by Crippen LogP contribution is 2.63. The minimum Gasteiger partial charge on any atom is -0.545 e. The van der Waals surface area contributed by atoms with Gasteiger partial charge in [0.2, 0.25) is 0 Å². The topological polar surface area (TPSA) is 80.3 Å². The Morgan fingerprint density at radius 1 is 0.441 bits per heavy atom. The smallest absolute Gasteiger partial charge is 0.0715 e. The second kappa shape index (κ2) is 6.67. The molecule has 0 saturated carbocycles. The number of carboxylic acids is 2. The molecule has 0 fully saturated rings. The molecule has 4 aromatic rings. The average Bonchev–Trinajstić information content (AvgIpc) is 2.84. The Bertz CT molecular complexity index is 1430. The van der Waals surface area contributed by atoms with Crippen molar-refractivity contribution >= 4 is 11.9 Å². The molecule has 0 spiro atoms. The van der Waals surface area contributed by atoms with Crippen LogP contribution < -0.4 is 10.2 Å². The molecule has 4 aromatic carbocycles. The molecule has 0 saturated heterocycles. The fourth-order valence-corrected chi connectivity index (χ4v) is 6.77. The lowest BCUT2D eigenvalue weighted by atomic mass is 9.53. The summed E-state index contributed by atoms with van der Waals surface area (Å²) in [4.78, 5) is 23.6. The van der Waals surface area contributed by atoms with Gasteiger partial charge in [0, 0.05) is 23.7 Å². The number of rotatable bonds is 2. The van der Waals surface area contributed by atoms with Crippen molar-refractivity contribution in [2.75, 3.05) is 0 Å². The molecule has 0 aliphatic heterocycles. The molecular formula is C30H18O4-2. The Balaban J connectivity index is 1.63. The van der Waals surface area contributed by atoms with Gasteiger partial charge in [0.1, 0.15) is 0 Å². The zero-order chi connectivity index (χ0) is 23.1. The van der Waals surface area contributed by atoms with E-state index in [0.717, 1.165) is 22.3 Å². The zero-order valence-electron chi connectivity index (χ0n) is 18.0. The molecule has 164 valence electrons. The van der Waals surface area contributed by atoms with Crippen molar-refractivity contribution < 1.29 is 19.8 Å². The van der Waals surface area contributed by atoms with E-state index in [-0.39, 0.29) is 34.8 Å². The van der Waals surface area contributed by atoms with Gasteiger partial charge >= 0.3 is 0 Å². The molecule has 4 bridgehead atoms. The predicted molar refractivity (Wildman–Crippen MR) is 122 cm³/mol. The third-order valence-electron chi connectivity index (χ3n) is 7.98. The maximum Gasteiger partial charge on any atom is 0.0715 e. The maximum absolute atomic E-state index is 11.8. The second-order valence-electron chi connectivity index (χ2n) is 9.43. The van der Waals surface area contributed by atoms with Crippen molar-refractivity contribution in [3.8, 4) is 0 Å². The molecule has 4 nitrogen and oxygen atoms in total. The molecule has 0 unspecified atom stereocenters. The molecule has 0 aromatic heterocycles. The van der Waals surface area contributed by atoms with Crippen molar-refractivity contribution in [1.29, 1.82) is 0 Å². The number of benzene rings is 4. The lowest BCUT2D eigenvalue weighted by Gasteiger charge is -2.50. The molecule has 0 N–H and O–H groups in total. The maximum atomic E-state index is 11.8. The van der Waals surface area contributed by atoms with Crippen molar-refractivity contribution in [2.24, 2.45) is 0 Å². The monoisotopic (exact) mass is 442 g/mol. The largest absolute Gasteiger partial charge is 0.545 e. The predicted octanol–water partition coefficient (Wildman–Crippen LogP) is 3.28. The van der Waals surface area contributed by atoms with Crippen LogP contribution in [0.4, 0.5) is 0 Å². The highest BCUT2D eigenvalue weighted by Gasteiger charge is 2.49. The van der Waals surface area contributed by atoms with Crippen LogP contribution in [0.15, 0.2) is 84.9 Å². The Morgan fingerprint density at radius 3 is 1.06 bits per heavy atom. The lowest BCUT2D eigenvalue weighted by molar-refractivity contribution is -0.256. The summed E-state index contributed by atoms with van der Waals surface area (Å²) in [5, 5.41) is 23.6. The Kier molecular flexibility index (Phi) is 3.79. The Morgan fingerprint density at radius 2 is 0.735 bits per heavy atom. The van der Waals surface area contributed by atoms with Gasteiger partial charge in [-0.25, -0.2) is 0 Å². The van der Waals surface area contributed by atoms with Crippen LogP contribution >= 0.6 is 0 Å². The molecule has 0 heterocycles. The van der Waals surface area contributed by atoms with E-state index in [2.05, 4.69) is 24.3 Å². The minimum absolute atomic E-state index is 0.0728. The standard InChI is InChI=1S/C30H20O4/c31-29(32)15-9-11-21-23(13-15)27-19-7-3-1-5-17(19)25(21)28-20-8-4-2-6-18(20)26(27)22-12-10-16(30(33)34)14-24(22)28/h1-14,25-28H,(H,31,32)(H,33,34)/p-2/t25-,26+,27+,28-. The number of carboxylic acid groups (broad SMARTS) is 2. The molecule has 0 radical (unpaired) electrons. The second-order valence-corrected chi connectivity index (χ2v) is 9.43. The van der Waals surface area contributed by atoms with Crippen LogP contribution in [-0.4, -0.2) is 11.9 Å². The van der Waals surface area contributed by atoms with Gasteiger partial charge in [-0.1, -0.05) is 72.8 Å². The zero-order valence-corrected chi connectivity index (χ0v) is 18.0. The minimum atomic E-state index is -1.18. The van der Waals surface area contributed by atoms with Crippen molar-refractivity contribution in [3.05, 3.63) is 141 Å². The summed E-state index contributed by atoms with van der Waals surface area (Å²) < 4.78 is 0. The highest BCUT2D eigenvalue weighted by atomic mass is 16.4. The van der Waals surface area contributed by atoms with E-state index in [1.807, 2.05) is 36.4 Å². The first kappa shape index (κ1) is 19.3. The first-order valence-electron chi connectivity index (χ1n) is 11.4. The number of carbonyl (C=O) groups is 2. The number of hydrogen-bond donors (Lipinski definition) is 0. The Labute approximate surface area is 196 Å². The van der Waals surface area contributed by atoms with Crippen LogP contribution in [0.5, 0.6) is 0 Å². The van der Waals surface area contributed by atoms with E-state index < -0.39 is 11.9 Å². The number of aromatic carboxylic acids is 2. The fraction of sp³-hybridized carbons (Fsp3) is 0.133. The summed E-state index contributed by atoms with van der Waals surface area (Å²) in [5.41, 5.74) is 9.44. The quantitative estimate of drug-likeness (QED) is 0.477. The van der Waals surface area contributed by atoms with Crippen LogP contribution in [0.25, 0.3) is 0 Å². The van der Waals surface area contributed by atoms with Crippen LogP contribution in [0.3, 0.4) is 0 Å². The van der Waals surface area contributed by atoms with Gasteiger partial charge in [-0.3, -0.25) is 0 Å². The van der Waals surface area contributed by atoms with E-state index in [1.165, 1.54) is 22.3 Å². The van der Waals surface area contributed by atoms with Gasteiger partial charge < -0.3 is 19.8 Å². The van der Waals surface area contributed by atoms with Gasteiger partial charge in [-0.05, 0) is 67.8 Å². The van der Waals surface area contributed by atoms with Crippen LogP contribution in [0.2, 0.25) is 0 Å². The summed E-state index contributed by atoms with van der Waals surface area (Å²) in [7, 11) is 0. The molecule has 10 rings (SSSR count). The van der Waals surface area contributed by atoms with E-state index in [1.54, 1.807) is 24.3 Å². The summed E-state index contributed by atoms with van der Waals surface area (Å²) >= 11 is 0. The van der Waals surface area contributed by atoms with Crippen molar-refractivity contribution in [2.45, 2.75) is 23.7 Å². The molecule has 4 heteroatoms. The summed E-state index contributed by atoms with van der Waals surface area (Å²) in [5.74, 6) is -2.71. The lowest BCUT2D eigenvalue weighted by Crippen LogP contribution is -2.36. The Hall–Kier alpha value is -4.18. The third kappa shape index (κ3) is 2.37. The first-order chi connectivity index (χ1) is 16.5. The van der Waals surface area contributed by atoms with Crippen LogP contribution in [0.1, 0.15) is 88.9 Å². The van der Waals surface area contributed by atoms with Crippen molar-refractivity contribution in [3.63, 3.8) is 0 Å².